The first-order valence-corrected chi connectivity index (χ1v) is 9.96. The molecular weight excluding hydrogens is 396 g/mol. The molecule has 5 nitrogen and oxygen atoms in total. The Bertz CT molecular complexity index is 327. The van der Waals surface area contributed by atoms with Crippen LogP contribution in [-0.4, -0.2) is 37.1 Å². The summed E-state index contributed by atoms with van der Waals surface area (Å²) in [4.78, 5) is 0. The minimum Gasteiger partial charge on any atom is -0.394 e. The molecular formula is C19H38NNiO4P. The Kier molecular flexibility index (Phi) is 25.7. The molecule has 0 aliphatic carbocycles. The second kappa shape index (κ2) is 21.6. The number of hydrogen-bond donors (Lipinski definition) is 1. The number of ether oxygens (including phenoxy) is 1. The first kappa shape index (κ1) is 31.0. The standard InChI is InChI=1S/C13H24NO4P.2C3H7.Ni/c1-9-10(2)12(7-15)18-13(11(9)3)8-17-19-16-6-4-5-14;2*1-3-2;/h9-13,15,19H,4,6-8H2,1-3H3;2*1,3H2,2H3;/q;2*-1;+2/t9-,10+,11+,12+,13?;;;/m0.../s1. The van der Waals surface area contributed by atoms with Crippen molar-refractivity contribution in [2.45, 2.75) is 66.1 Å². The monoisotopic (exact) mass is 433 g/mol. The fourth-order valence-electron chi connectivity index (χ4n) is 2.32. The van der Waals surface area contributed by atoms with Crippen molar-refractivity contribution in [2.75, 3.05) is 19.8 Å². The van der Waals surface area contributed by atoms with Gasteiger partial charge in [-0.05, 0) is 17.8 Å². The van der Waals surface area contributed by atoms with Crippen molar-refractivity contribution in [1.82, 2.24) is 0 Å². The van der Waals surface area contributed by atoms with Gasteiger partial charge in [-0.3, -0.25) is 0 Å². The third-order valence-electron chi connectivity index (χ3n) is 4.04. The Morgan fingerprint density at radius 2 is 1.54 bits per heavy atom. The van der Waals surface area contributed by atoms with E-state index in [-0.39, 0.29) is 44.3 Å². The van der Waals surface area contributed by atoms with Gasteiger partial charge in [-0.15, -0.1) is 0 Å². The summed E-state index contributed by atoms with van der Waals surface area (Å²) in [7, 11) is -0.0587. The molecule has 1 aliphatic heterocycles. The molecule has 158 valence electrons. The van der Waals surface area contributed by atoms with Crippen LogP contribution in [0, 0.1) is 42.9 Å². The molecule has 1 fully saturated rings. The first-order chi connectivity index (χ1) is 11.9. The maximum absolute atomic E-state index is 9.33. The fraction of sp³-hybridized carbons (Fsp3) is 0.842. The second-order valence-electron chi connectivity index (χ2n) is 6.12. The summed E-state index contributed by atoms with van der Waals surface area (Å²) >= 11 is 0. The first-order valence-electron chi connectivity index (χ1n) is 9.15. The Morgan fingerprint density at radius 3 is 2.00 bits per heavy atom. The normalized spacial score (nSPS) is 27.4. The molecule has 0 spiro atoms. The van der Waals surface area contributed by atoms with Gasteiger partial charge in [-0.2, -0.15) is 18.1 Å². The van der Waals surface area contributed by atoms with E-state index in [1.54, 1.807) is 0 Å². The van der Waals surface area contributed by atoms with Crippen molar-refractivity contribution >= 4 is 9.03 Å². The molecule has 1 rings (SSSR count). The summed E-state index contributed by atoms with van der Waals surface area (Å²) in [5.41, 5.74) is 0. The van der Waals surface area contributed by atoms with Gasteiger partial charge < -0.3 is 32.7 Å². The van der Waals surface area contributed by atoms with Gasteiger partial charge in [0, 0.05) is 0 Å². The summed E-state index contributed by atoms with van der Waals surface area (Å²) in [6.45, 7) is 18.4. The molecule has 0 aromatic heterocycles. The Labute approximate surface area is 173 Å². The van der Waals surface area contributed by atoms with Crippen molar-refractivity contribution in [2.24, 2.45) is 17.8 Å². The molecule has 0 aromatic rings. The van der Waals surface area contributed by atoms with Gasteiger partial charge in [0.05, 0.1) is 44.5 Å². The van der Waals surface area contributed by atoms with Crippen molar-refractivity contribution in [3.8, 4) is 6.07 Å². The van der Waals surface area contributed by atoms with Crippen LogP contribution < -0.4 is 0 Å². The van der Waals surface area contributed by atoms with Gasteiger partial charge in [0.25, 0.3) is 0 Å². The molecule has 26 heavy (non-hydrogen) atoms. The van der Waals surface area contributed by atoms with E-state index < -0.39 is 0 Å². The molecule has 0 aromatic carbocycles. The number of nitrogens with zero attached hydrogens (tertiary/aromatic N) is 1. The number of hydrogen-bond acceptors (Lipinski definition) is 5. The molecule has 1 aliphatic rings. The van der Waals surface area contributed by atoms with Gasteiger partial charge in [-0.25, -0.2) is 0 Å². The third-order valence-corrected chi connectivity index (χ3v) is 4.65. The summed E-state index contributed by atoms with van der Waals surface area (Å²) in [5.74, 6) is 1.23. The van der Waals surface area contributed by atoms with Gasteiger partial charge in [0.15, 0.2) is 9.03 Å². The minimum atomic E-state index is -0.109. The van der Waals surface area contributed by atoms with E-state index in [9.17, 15) is 5.11 Å². The summed E-state index contributed by atoms with van der Waals surface area (Å²) in [6.07, 6.45) is 2.27. The van der Waals surface area contributed by atoms with Crippen molar-refractivity contribution in [3.63, 3.8) is 0 Å². The van der Waals surface area contributed by atoms with Crippen molar-refractivity contribution < 1.29 is 35.4 Å². The molecule has 2 unspecified atom stereocenters. The average molecular weight is 434 g/mol. The van der Waals surface area contributed by atoms with Crippen LogP contribution in [0.25, 0.3) is 0 Å². The molecule has 0 saturated carbocycles. The van der Waals surface area contributed by atoms with Crippen LogP contribution in [0.3, 0.4) is 0 Å². The predicted octanol–water partition coefficient (Wildman–Crippen LogP) is 4.57. The second-order valence-corrected chi connectivity index (χ2v) is 6.87. The molecule has 6 atom stereocenters. The number of nitriles is 1. The quantitative estimate of drug-likeness (QED) is 0.275. The maximum atomic E-state index is 9.33. The zero-order chi connectivity index (χ0) is 19.7. The van der Waals surface area contributed by atoms with Crippen LogP contribution in [0.4, 0.5) is 0 Å². The number of aliphatic hydroxyl groups excluding tert-OH is 1. The van der Waals surface area contributed by atoms with Crippen LogP contribution in [-0.2, 0) is 30.3 Å². The topological polar surface area (TPSA) is 71.7 Å². The molecule has 1 N–H and O–H groups in total. The van der Waals surface area contributed by atoms with E-state index in [1.165, 1.54) is 0 Å². The van der Waals surface area contributed by atoms with Crippen LogP contribution in [0.5, 0.6) is 0 Å². The SMILES string of the molecule is C[C@@H]1[C@H](C)[C@@H](C)C(COPOCCC#N)O[C@@H]1CO.[CH2-]CC.[CH2-]CC.[Ni+2]. The molecule has 0 bridgehead atoms. The van der Waals surface area contributed by atoms with Gasteiger partial charge >= 0.3 is 16.5 Å². The number of rotatable bonds is 7. The fourth-order valence-corrected chi connectivity index (χ4v) is 2.83. The zero-order valence-electron chi connectivity index (χ0n) is 17.0. The smallest absolute Gasteiger partial charge is 0.394 e. The number of aliphatic hydroxyl groups is 1. The Balaban J connectivity index is -0.000000664. The van der Waals surface area contributed by atoms with Gasteiger partial charge in [-0.1, -0.05) is 34.6 Å². The molecule has 1 heterocycles. The molecule has 0 amide bonds. The predicted molar refractivity (Wildman–Crippen MR) is 105 cm³/mol. The summed E-state index contributed by atoms with van der Waals surface area (Å²) < 4.78 is 16.5. The van der Waals surface area contributed by atoms with Gasteiger partial charge in [0.1, 0.15) is 0 Å². The van der Waals surface area contributed by atoms with E-state index >= 15 is 0 Å². The average Bonchev–Trinajstić information content (AvgIpc) is 2.59. The molecule has 0 radical (unpaired) electrons. The third kappa shape index (κ3) is 14.3. The van der Waals surface area contributed by atoms with Crippen molar-refractivity contribution in [3.05, 3.63) is 13.8 Å². The summed E-state index contributed by atoms with van der Waals surface area (Å²) in [5, 5.41) is 17.7. The molecule has 7 heteroatoms. The Morgan fingerprint density at radius 1 is 1.04 bits per heavy atom. The largest absolute Gasteiger partial charge is 2.00 e. The van der Waals surface area contributed by atoms with Crippen LogP contribution >= 0.6 is 9.03 Å². The zero-order valence-corrected chi connectivity index (χ0v) is 19.0. The van der Waals surface area contributed by atoms with Crippen molar-refractivity contribution in [1.29, 1.82) is 5.26 Å². The van der Waals surface area contributed by atoms with E-state index in [2.05, 4.69) is 34.6 Å². The minimum absolute atomic E-state index is 0. The van der Waals surface area contributed by atoms with E-state index in [0.717, 1.165) is 12.8 Å². The van der Waals surface area contributed by atoms with Gasteiger partial charge in [0.2, 0.25) is 0 Å². The van der Waals surface area contributed by atoms with Crippen LogP contribution in [0.2, 0.25) is 0 Å². The van der Waals surface area contributed by atoms with E-state index in [1.807, 2.05) is 19.9 Å². The van der Waals surface area contributed by atoms with Crippen LogP contribution in [0.1, 0.15) is 53.9 Å². The molecule has 1 saturated heterocycles. The summed E-state index contributed by atoms with van der Waals surface area (Å²) in [6, 6.07) is 2.01. The van der Waals surface area contributed by atoms with Crippen LogP contribution in [0.15, 0.2) is 0 Å². The van der Waals surface area contributed by atoms with E-state index in [4.69, 9.17) is 19.0 Å². The Hall–Kier alpha value is 0.254. The van der Waals surface area contributed by atoms with E-state index in [0.29, 0.717) is 37.4 Å². The maximum Gasteiger partial charge on any atom is 2.00 e.